The van der Waals surface area contributed by atoms with E-state index >= 15 is 0 Å². The number of nitrogens with zero attached hydrogens (tertiary/aromatic N) is 2. The van der Waals surface area contributed by atoms with Crippen LogP contribution in [0.5, 0.6) is 0 Å². The van der Waals surface area contributed by atoms with Crippen molar-refractivity contribution in [2.75, 3.05) is 19.6 Å². The number of imide groups is 1. The van der Waals surface area contributed by atoms with Crippen molar-refractivity contribution in [2.45, 2.75) is 43.2 Å². The molecule has 26 heavy (non-hydrogen) atoms. The molecule has 0 bridgehead atoms. The second-order valence-corrected chi connectivity index (χ2v) is 8.91. The van der Waals surface area contributed by atoms with Gasteiger partial charge in [-0.15, -0.1) is 0 Å². The topological polar surface area (TPSA) is 86.8 Å². The third-order valence-corrected chi connectivity index (χ3v) is 7.07. The molecule has 0 radical (unpaired) electrons. The zero-order valence-electron chi connectivity index (χ0n) is 14.5. The van der Waals surface area contributed by atoms with Crippen LogP contribution in [0.4, 0.5) is 0 Å². The Labute approximate surface area is 158 Å². The third-order valence-electron chi connectivity index (χ3n) is 4.90. The number of carbonyl (C=O) groups is 2. The Morgan fingerprint density at radius 2 is 1.77 bits per heavy atom. The van der Waals surface area contributed by atoms with E-state index in [1.807, 2.05) is 0 Å². The number of amides is 2. The van der Waals surface area contributed by atoms with Gasteiger partial charge in [-0.25, -0.2) is 8.42 Å². The number of rotatable bonds is 5. The minimum atomic E-state index is -3.54. The predicted molar refractivity (Wildman–Crippen MR) is 97.2 cm³/mol. The van der Waals surface area contributed by atoms with Crippen molar-refractivity contribution < 1.29 is 18.0 Å². The number of hydrogen-bond acceptors (Lipinski definition) is 5. The zero-order chi connectivity index (χ0) is 18.9. The molecule has 2 saturated heterocycles. The first-order valence-electron chi connectivity index (χ1n) is 8.69. The Morgan fingerprint density at radius 3 is 2.31 bits per heavy atom. The van der Waals surface area contributed by atoms with Crippen LogP contribution >= 0.6 is 11.6 Å². The van der Waals surface area contributed by atoms with Crippen molar-refractivity contribution in [3.8, 4) is 0 Å². The molecule has 0 unspecified atom stereocenters. The lowest BCUT2D eigenvalue weighted by atomic mass is 10.1. The third kappa shape index (κ3) is 3.78. The van der Waals surface area contributed by atoms with Gasteiger partial charge in [-0.05, 0) is 44.0 Å². The number of likely N-dealkylation sites (tertiary alicyclic amines) is 1. The van der Waals surface area contributed by atoms with E-state index in [0.717, 1.165) is 0 Å². The maximum absolute atomic E-state index is 12.7. The fourth-order valence-corrected chi connectivity index (χ4v) is 5.04. The Morgan fingerprint density at radius 1 is 1.15 bits per heavy atom. The second-order valence-electron chi connectivity index (χ2n) is 6.53. The van der Waals surface area contributed by atoms with Gasteiger partial charge in [0, 0.05) is 30.7 Å². The normalized spacial score (nSPS) is 23.0. The van der Waals surface area contributed by atoms with E-state index in [-0.39, 0.29) is 29.2 Å². The van der Waals surface area contributed by atoms with E-state index in [1.165, 1.54) is 21.3 Å². The summed E-state index contributed by atoms with van der Waals surface area (Å²) in [6, 6.07) is 5.65. The van der Waals surface area contributed by atoms with Crippen LogP contribution in [-0.2, 0) is 19.6 Å². The first-order valence-corrected chi connectivity index (χ1v) is 10.5. The average Bonchev–Trinajstić information content (AvgIpc) is 2.88. The summed E-state index contributed by atoms with van der Waals surface area (Å²) < 4.78 is 26.8. The van der Waals surface area contributed by atoms with Crippen molar-refractivity contribution in [1.29, 1.82) is 0 Å². The number of benzene rings is 1. The first kappa shape index (κ1) is 19.3. The van der Waals surface area contributed by atoms with Gasteiger partial charge in [-0.2, -0.15) is 4.31 Å². The van der Waals surface area contributed by atoms with Gasteiger partial charge in [-0.1, -0.05) is 11.6 Å². The Balaban J connectivity index is 1.58. The summed E-state index contributed by atoms with van der Waals surface area (Å²) in [7, 11) is -3.54. The molecule has 2 aliphatic rings. The molecular formula is C17H22ClN3O4S. The quantitative estimate of drug-likeness (QED) is 0.752. The van der Waals surface area contributed by atoms with E-state index in [1.54, 1.807) is 19.1 Å². The van der Waals surface area contributed by atoms with Gasteiger partial charge in [0.25, 0.3) is 0 Å². The summed E-state index contributed by atoms with van der Waals surface area (Å²) in [5.74, 6) is -0.341. The zero-order valence-corrected chi connectivity index (χ0v) is 16.1. The molecule has 0 aromatic heterocycles. The van der Waals surface area contributed by atoms with Crippen molar-refractivity contribution in [3.05, 3.63) is 29.3 Å². The van der Waals surface area contributed by atoms with Gasteiger partial charge in [0.2, 0.25) is 21.8 Å². The van der Waals surface area contributed by atoms with Crippen LogP contribution in [0.25, 0.3) is 0 Å². The van der Waals surface area contributed by atoms with Gasteiger partial charge >= 0.3 is 0 Å². The van der Waals surface area contributed by atoms with Crippen molar-refractivity contribution in [1.82, 2.24) is 14.5 Å². The molecule has 7 nitrogen and oxygen atoms in total. The molecule has 2 aliphatic heterocycles. The van der Waals surface area contributed by atoms with Gasteiger partial charge < -0.3 is 5.32 Å². The van der Waals surface area contributed by atoms with Crippen molar-refractivity contribution in [3.63, 3.8) is 0 Å². The van der Waals surface area contributed by atoms with Crippen LogP contribution in [-0.4, -0.2) is 61.2 Å². The van der Waals surface area contributed by atoms with E-state index in [2.05, 4.69) is 5.32 Å². The summed E-state index contributed by atoms with van der Waals surface area (Å²) in [6.07, 6.45) is 1.36. The molecule has 1 aromatic carbocycles. The Kier molecular flexibility index (Phi) is 5.67. The summed E-state index contributed by atoms with van der Waals surface area (Å²) in [4.78, 5) is 25.5. The number of nitrogens with one attached hydrogen (secondary N) is 1. The summed E-state index contributed by atoms with van der Waals surface area (Å²) in [5.41, 5.74) is 0. The maximum atomic E-state index is 12.7. The molecule has 1 atom stereocenters. The number of carbonyl (C=O) groups excluding carboxylic acids is 2. The van der Waals surface area contributed by atoms with Crippen LogP contribution < -0.4 is 5.32 Å². The molecule has 2 heterocycles. The molecule has 0 aliphatic carbocycles. The van der Waals surface area contributed by atoms with Crippen LogP contribution in [0.15, 0.2) is 29.2 Å². The molecule has 0 saturated carbocycles. The Bertz CT molecular complexity index is 789. The number of halogens is 1. The number of likely N-dealkylation sites (N-methyl/N-ethyl adjacent to an activating group) is 1. The highest BCUT2D eigenvalue weighted by atomic mass is 35.5. The molecule has 2 amide bonds. The van der Waals surface area contributed by atoms with Gasteiger partial charge in [-0.3, -0.25) is 14.5 Å². The minimum Gasteiger partial charge on any atom is -0.303 e. The van der Waals surface area contributed by atoms with Crippen LogP contribution in [0.3, 0.4) is 0 Å². The molecule has 0 spiro atoms. The summed E-state index contributed by atoms with van der Waals surface area (Å²) in [5, 5.41) is 3.72. The highest BCUT2D eigenvalue weighted by Gasteiger charge is 2.39. The first-order chi connectivity index (χ1) is 12.3. The highest BCUT2D eigenvalue weighted by molar-refractivity contribution is 7.89. The maximum Gasteiger partial charge on any atom is 0.246 e. The number of piperidine rings is 1. The number of hydrogen-bond donors (Lipinski definition) is 1. The fourth-order valence-electron chi connectivity index (χ4n) is 3.45. The smallest absolute Gasteiger partial charge is 0.246 e. The SMILES string of the molecule is CCN1C(=O)C[C@H](NC2CCN(S(=O)(=O)c3ccc(Cl)cc3)CC2)C1=O. The van der Waals surface area contributed by atoms with Crippen molar-refractivity contribution >= 4 is 33.4 Å². The van der Waals surface area contributed by atoms with Gasteiger partial charge in [0.1, 0.15) is 0 Å². The molecular weight excluding hydrogens is 378 g/mol. The fraction of sp³-hybridized carbons (Fsp3) is 0.529. The minimum absolute atomic E-state index is 0.0187. The average molecular weight is 400 g/mol. The molecule has 2 fully saturated rings. The van der Waals surface area contributed by atoms with Crippen LogP contribution in [0.2, 0.25) is 5.02 Å². The summed E-state index contributed by atoms with van der Waals surface area (Å²) >= 11 is 5.82. The Hall–Kier alpha value is -1.48. The monoisotopic (exact) mass is 399 g/mol. The largest absolute Gasteiger partial charge is 0.303 e. The highest BCUT2D eigenvalue weighted by Crippen LogP contribution is 2.23. The van der Waals surface area contributed by atoms with E-state index in [4.69, 9.17) is 11.6 Å². The van der Waals surface area contributed by atoms with Gasteiger partial charge in [0.15, 0.2) is 0 Å². The standard InChI is InChI=1S/C17H22ClN3O4S/c1-2-21-16(22)11-15(17(21)23)19-13-7-9-20(10-8-13)26(24,25)14-5-3-12(18)4-6-14/h3-6,13,15,19H,2,7-11H2,1H3/t15-/m0/s1. The lowest BCUT2D eigenvalue weighted by Crippen LogP contribution is -2.49. The molecule has 142 valence electrons. The molecule has 1 N–H and O–H groups in total. The molecule has 1 aromatic rings. The van der Waals surface area contributed by atoms with Gasteiger partial charge in [0.05, 0.1) is 17.4 Å². The van der Waals surface area contributed by atoms with Crippen LogP contribution in [0, 0.1) is 0 Å². The van der Waals surface area contributed by atoms with E-state index < -0.39 is 16.1 Å². The van der Waals surface area contributed by atoms with E-state index in [0.29, 0.717) is 37.5 Å². The van der Waals surface area contributed by atoms with E-state index in [9.17, 15) is 18.0 Å². The second kappa shape index (κ2) is 7.64. The lowest BCUT2D eigenvalue weighted by molar-refractivity contribution is -0.138. The molecule has 9 heteroatoms. The van der Waals surface area contributed by atoms with Crippen LogP contribution in [0.1, 0.15) is 26.2 Å². The summed E-state index contributed by atoms with van der Waals surface area (Å²) in [6.45, 7) is 2.90. The lowest BCUT2D eigenvalue weighted by Gasteiger charge is -2.32. The number of sulfonamides is 1. The molecule has 3 rings (SSSR count). The predicted octanol–water partition coefficient (Wildman–Crippen LogP) is 1.23. The van der Waals surface area contributed by atoms with Crippen molar-refractivity contribution in [2.24, 2.45) is 0 Å².